The number of sulfonamides is 1. The van der Waals surface area contributed by atoms with Gasteiger partial charge in [0.1, 0.15) is 5.75 Å². The van der Waals surface area contributed by atoms with E-state index in [-0.39, 0.29) is 6.04 Å². The number of methoxy groups -OCH3 is 1. The van der Waals surface area contributed by atoms with Crippen LogP contribution in [0, 0.1) is 3.70 Å². The molecule has 0 unspecified atom stereocenters. The molecule has 3 rings (SSSR count). The van der Waals surface area contributed by atoms with Crippen LogP contribution in [0.3, 0.4) is 0 Å². The molecular weight excluding hydrogens is 463 g/mol. The summed E-state index contributed by atoms with van der Waals surface area (Å²) in [5.74, 6) is 0.805. The van der Waals surface area contributed by atoms with E-state index in [0.29, 0.717) is 5.69 Å². The van der Waals surface area contributed by atoms with Crippen molar-refractivity contribution >= 4 is 49.2 Å². The van der Waals surface area contributed by atoms with Crippen LogP contribution in [0.15, 0.2) is 42.5 Å². The highest BCUT2D eigenvalue weighted by molar-refractivity contribution is 14.1. The number of aromatic nitrogens is 1. The van der Waals surface area contributed by atoms with Crippen LogP contribution in [0.25, 0.3) is 22.0 Å². The molecule has 1 N–H and O–H groups in total. The van der Waals surface area contributed by atoms with Gasteiger partial charge in [-0.2, -0.15) is 0 Å². The zero-order valence-corrected chi connectivity index (χ0v) is 18.1. The van der Waals surface area contributed by atoms with Crippen LogP contribution < -0.4 is 9.46 Å². The maximum absolute atomic E-state index is 11.6. The summed E-state index contributed by atoms with van der Waals surface area (Å²) in [7, 11) is -1.66. The van der Waals surface area contributed by atoms with Gasteiger partial charge in [0.15, 0.2) is 0 Å². The summed E-state index contributed by atoms with van der Waals surface area (Å²) < 4.78 is 34.4. The van der Waals surface area contributed by atoms with Crippen LogP contribution in [-0.4, -0.2) is 26.4 Å². The van der Waals surface area contributed by atoms with E-state index < -0.39 is 10.0 Å². The van der Waals surface area contributed by atoms with Crippen molar-refractivity contribution in [1.29, 1.82) is 0 Å². The second-order valence-electron chi connectivity index (χ2n) is 6.47. The van der Waals surface area contributed by atoms with Gasteiger partial charge in [-0.25, -0.2) is 8.42 Å². The number of anilines is 1. The summed E-state index contributed by atoms with van der Waals surface area (Å²) in [5.41, 5.74) is 3.75. The van der Waals surface area contributed by atoms with Crippen molar-refractivity contribution in [3.8, 4) is 16.9 Å². The molecule has 0 aliphatic rings. The summed E-state index contributed by atoms with van der Waals surface area (Å²) in [6.07, 6.45) is 1.16. The molecule has 0 amide bonds. The van der Waals surface area contributed by atoms with Gasteiger partial charge in [0.2, 0.25) is 10.0 Å². The third-order valence-corrected chi connectivity index (χ3v) is 5.79. The highest BCUT2D eigenvalue weighted by Gasteiger charge is 2.19. The zero-order valence-electron chi connectivity index (χ0n) is 15.1. The second-order valence-corrected chi connectivity index (χ2v) is 9.24. The maximum Gasteiger partial charge on any atom is 0.229 e. The Kier molecular flexibility index (Phi) is 5.21. The largest absolute Gasteiger partial charge is 0.497 e. The van der Waals surface area contributed by atoms with Crippen molar-refractivity contribution in [3.63, 3.8) is 0 Å². The van der Waals surface area contributed by atoms with Gasteiger partial charge in [0, 0.05) is 17.0 Å². The van der Waals surface area contributed by atoms with Crippen molar-refractivity contribution in [2.45, 2.75) is 19.9 Å². The molecule has 1 heterocycles. The number of benzene rings is 2. The van der Waals surface area contributed by atoms with E-state index in [1.807, 2.05) is 30.3 Å². The molecule has 5 nitrogen and oxygen atoms in total. The van der Waals surface area contributed by atoms with E-state index in [1.54, 1.807) is 13.2 Å². The van der Waals surface area contributed by atoms with Gasteiger partial charge in [-0.1, -0.05) is 18.2 Å². The molecule has 2 aromatic carbocycles. The molecule has 0 bridgehead atoms. The van der Waals surface area contributed by atoms with Crippen molar-refractivity contribution in [3.05, 3.63) is 46.2 Å². The molecule has 7 heteroatoms. The minimum Gasteiger partial charge on any atom is -0.497 e. The number of ether oxygens (including phenoxy) is 1. The first-order chi connectivity index (χ1) is 12.2. The monoisotopic (exact) mass is 484 g/mol. The number of rotatable bonds is 5. The van der Waals surface area contributed by atoms with Crippen LogP contribution in [0.5, 0.6) is 5.75 Å². The Bertz CT molecular complexity index is 1070. The maximum atomic E-state index is 11.6. The molecule has 0 aliphatic heterocycles. The SMILES string of the molecule is COc1cccc(-c2c(I)n(C(C)C)c3cc(NS(C)(=O)=O)ccc23)c1. The fourth-order valence-electron chi connectivity index (χ4n) is 3.12. The third kappa shape index (κ3) is 3.68. The molecule has 0 spiro atoms. The highest BCUT2D eigenvalue weighted by atomic mass is 127. The minimum atomic E-state index is -3.32. The molecule has 0 saturated carbocycles. The molecule has 3 aromatic rings. The average molecular weight is 484 g/mol. The van der Waals surface area contributed by atoms with E-state index in [1.165, 1.54) is 0 Å². The van der Waals surface area contributed by atoms with Gasteiger partial charge >= 0.3 is 0 Å². The van der Waals surface area contributed by atoms with E-state index in [0.717, 1.165) is 37.7 Å². The van der Waals surface area contributed by atoms with Gasteiger partial charge in [0.05, 0.1) is 28.3 Å². The first kappa shape index (κ1) is 19.0. The lowest BCUT2D eigenvalue weighted by molar-refractivity contribution is 0.415. The number of hydrogen-bond acceptors (Lipinski definition) is 3. The number of nitrogens with zero attached hydrogens (tertiary/aromatic N) is 1. The number of fused-ring (bicyclic) bond motifs is 1. The molecule has 0 fully saturated rings. The number of halogens is 1. The number of hydrogen-bond donors (Lipinski definition) is 1. The van der Waals surface area contributed by atoms with Gasteiger partial charge in [-0.3, -0.25) is 4.72 Å². The lowest BCUT2D eigenvalue weighted by Crippen LogP contribution is -2.09. The first-order valence-corrected chi connectivity index (χ1v) is 11.1. The Hall–Kier alpha value is -1.74. The molecule has 26 heavy (non-hydrogen) atoms. The van der Waals surface area contributed by atoms with Crippen LogP contribution in [0.4, 0.5) is 5.69 Å². The van der Waals surface area contributed by atoms with Crippen LogP contribution in [0.2, 0.25) is 0 Å². The smallest absolute Gasteiger partial charge is 0.229 e. The molecule has 1 aromatic heterocycles. The predicted molar refractivity (Wildman–Crippen MR) is 115 cm³/mol. The minimum absolute atomic E-state index is 0.234. The van der Waals surface area contributed by atoms with E-state index in [2.05, 4.69) is 51.8 Å². The average Bonchev–Trinajstić information content (AvgIpc) is 2.84. The molecule has 0 atom stereocenters. The normalized spacial score (nSPS) is 11.9. The molecule has 0 saturated heterocycles. The van der Waals surface area contributed by atoms with Crippen LogP contribution in [-0.2, 0) is 10.0 Å². The summed E-state index contributed by atoms with van der Waals surface area (Å²) in [5, 5.41) is 1.08. The first-order valence-electron chi connectivity index (χ1n) is 8.17. The van der Waals surface area contributed by atoms with Gasteiger partial charge in [-0.05, 0) is 66.3 Å². The Labute approximate surface area is 167 Å². The van der Waals surface area contributed by atoms with Gasteiger partial charge < -0.3 is 9.30 Å². The predicted octanol–water partition coefficient (Wildman–Crippen LogP) is 4.87. The standard InChI is InChI=1S/C19H21IN2O3S/c1-12(2)22-17-11-14(21-26(4,23)24)8-9-16(17)18(19(22)20)13-6-5-7-15(10-13)25-3/h5-12,21H,1-4H3. The molecular formula is C19H21IN2O3S. The highest BCUT2D eigenvalue weighted by Crippen LogP contribution is 2.39. The Morgan fingerprint density at radius 1 is 1.15 bits per heavy atom. The third-order valence-electron chi connectivity index (χ3n) is 4.12. The lowest BCUT2D eigenvalue weighted by Gasteiger charge is -2.12. The summed E-state index contributed by atoms with van der Waals surface area (Å²) >= 11 is 2.36. The zero-order chi connectivity index (χ0) is 19.1. The van der Waals surface area contributed by atoms with Crippen molar-refractivity contribution in [2.75, 3.05) is 18.1 Å². The van der Waals surface area contributed by atoms with Crippen molar-refractivity contribution in [1.82, 2.24) is 4.57 Å². The topological polar surface area (TPSA) is 60.3 Å². The second kappa shape index (κ2) is 7.11. The lowest BCUT2D eigenvalue weighted by atomic mass is 10.0. The van der Waals surface area contributed by atoms with Crippen molar-refractivity contribution < 1.29 is 13.2 Å². The number of nitrogens with one attached hydrogen (secondary N) is 1. The van der Waals surface area contributed by atoms with Crippen LogP contribution in [0.1, 0.15) is 19.9 Å². The molecule has 0 aliphatic carbocycles. The fourth-order valence-corrected chi connectivity index (χ4v) is 5.09. The van der Waals surface area contributed by atoms with Crippen LogP contribution >= 0.6 is 22.6 Å². The summed E-state index contributed by atoms with van der Waals surface area (Å²) in [6.45, 7) is 4.24. The molecule has 138 valence electrons. The molecule has 0 radical (unpaired) electrons. The Morgan fingerprint density at radius 2 is 1.88 bits per heavy atom. The van der Waals surface area contributed by atoms with E-state index in [4.69, 9.17) is 4.74 Å². The quantitative estimate of drug-likeness (QED) is 0.526. The fraction of sp³-hybridized carbons (Fsp3) is 0.263. The summed E-state index contributed by atoms with van der Waals surface area (Å²) in [4.78, 5) is 0. The Morgan fingerprint density at radius 3 is 2.50 bits per heavy atom. The Balaban J connectivity index is 2.28. The van der Waals surface area contributed by atoms with Crippen molar-refractivity contribution in [2.24, 2.45) is 0 Å². The summed E-state index contributed by atoms with van der Waals surface area (Å²) in [6, 6.07) is 13.9. The van der Waals surface area contributed by atoms with E-state index in [9.17, 15) is 8.42 Å². The van der Waals surface area contributed by atoms with Gasteiger partial charge in [-0.15, -0.1) is 0 Å². The van der Waals surface area contributed by atoms with E-state index >= 15 is 0 Å². The van der Waals surface area contributed by atoms with Gasteiger partial charge in [0.25, 0.3) is 0 Å².